The molecular weight excluding hydrogens is 420 g/mol. The molecule has 2 aromatic carbocycles. The van der Waals surface area contributed by atoms with E-state index in [0.29, 0.717) is 5.56 Å². The van der Waals surface area contributed by atoms with Crippen LogP contribution < -0.4 is 5.32 Å². The average Bonchev–Trinajstić information content (AvgIpc) is 2.95. The maximum atomic E-state index is 13.7. The van der Waals surface area contributed by atoms with E-state index in [0.717, 1.165) is 20.1 Å². The summed E-state index contributed by atoms with van der Waals surface area (Å²) in [5.74, 6) is -4.10. The molecule has 1 aliphatic rings. The summed E-state index contributed by atoms with van der Waals surface area (Å²) in [6, 6.07) is 9.77. The van der Waals surface area contributed by atoms with E-state index < -0.39 is 43.3 Å². The molecule has 0 saturated carbocycles. The largest absolute Gasteiger partial charge is 0.343 e. The molecule has 0 aromatic heterocycles. The van der Waals surface area contributed by atoms with E-state index in [1.54, 1.807) is 24.3 Å². The van der Waals surface area contributed by atoms with Crippen molar-refractivity contribution in [3.63, 3.8) is 0 Å². The molecule has 142 valence electrons. The molecule has 0 spiro atoms. The van der Waals surface area contributed by atoms with Gasteiger partial charge in [0.15, 0.2) is 0 Å². The van der Waals surface area contributed by atoms with Gasteiger partial charge in [0.2, 0.25) is 5.91 Å². The lowest BCUT2D eigenvalue weighted by molar-refractivity contribution is -0.131. The van der Waals surface area contributed by atoms with Gasteiger partial charge in [-0.2, -0.15) is 0 Å². The van der Waals surface area contributed by atoms with Crippen molar-refractivity contribution in [1.29, 1.82) is 5.41 Å². The average molecular weight is 438 g/mol. The number of fused-ring (bicyclic) bond motifs is 1. The second kappa shape index (κ2) is 7.34. The van der Waals surface area contributed by atoms with Crippen LogP contribution in [0.25, 0.3) is 10.8 Å². The third-order valence-corrected chi connectivity index (χ3v) is 5.30. The van der Waals surface area contributed by atoms with Gasteiger partial charge < -0.3 is 15.6 Å². The fraction of sp³-hybridized carbons (Fsp3) is 0.316. The summed E-state index contributed by atoms with van der Waals surface area (Å²) in [5, 5.41) is 11.7. The van der Waals surface area contributed by atoms with Gasteiger partial charge >= 0.3 is 0 Å². The van der Waals surface area contributed by atoms with E-state index in [1.807, 2.05) is 12.1 Å². The van der Waals surface area contributed by atoms with Gasteiger partial charge in [-0.05, 0) is 29.8 Å². The van der Waals surface area contributed by atoms with Gasteiger partial charge in [0.25, 0.3) is 11.8 Å². The lowest BCUT2D eigenvalue weighted by atomic mass is 10.0. The Bertz CT molecular complexity index is 932. The number of halogens is 3. The number of nitrogens with one attached hydrogen (secondary N) is 2. The molecule has 0 radical (unpaired) electrons. The predicted octanol–water partition coefficient (Wildman–Crippen LogP) is 3.61. The molecule has 1 fully saturated rings. The highest BCUT2D eigenvalue weighted by Crippen LogP contribution is 2.32. The third-order valence-electron chi connectivity index (χ3n) is 4.60. The number of hydrogen-bond acceptors (Lipinski definition) is 3. The maximum Gasteiger partial charge on any atom is 0.267 e. The van der Waals surface area contributed by atoms with Crippen LogP contribution in [0.15, 0.2) is 40.9 Å². The lowest BCUT2D eigenvalue weighted by Gasteiger charge is -2.23. The minimum absolute atomic E-state index is 0.00533. The van der Waals surface area contributed by atoms with Crippen LogP contribution in [0.5, 0.6) is 0 Å². The van der Waals surface area contributed by atoms with Gasteiger partial charge in [-0.25, -0.2) is 8.78 Å². The minimum Gasteiger partial charge on any atom is -0.343 e. The van der Waals surface area contributed by atoms with E-state index in [1.165, 1.54) is 6.92 Å². The molecule has 1 atom stereocenters. The molecule has 5 nitrogen and oxygen atoms in total. The lowest BCUT2D eigenvalue weighted by Crippen LogP contribution is -2.45. The monoisotopic (exact) mass is 437 g/mol. The number of hydrogen-bond donors (Lipinski definition) is 2. The van der Waals surface area contributed by atoms with Gasteiger partial charge in [-0.1, -0.05) is 40.2 Å². The normalized spacial score (nSPS) is 18.5. The molecule has 1 aliphatic heterocycles. The Morgan fingerprint density at radius 2 is 1.93 bits per heavy atom. The molecular formula is C19H18BrF2N3O2. The van der Waals surface area contributed by atoms with Crippen LogP contribution in [-0.2, 0) is 4.79 Å². The van der Waals surface area contributed by atoms with Crippen molar-refractivity contribution < 1.29 is 18.4 Å². The topological polar surface area (TPSA) is 73.3 Å². The Labute approximate surface area is 163 Å². The van der Waals surface area contributed by atoms with Gasteiger partial charge in [-0.3, -0.25) is 9.59 Å². The molecule has 2 amide bonds. The van der Waals surface area contributed by atoms with E-state index in [4.69, 9.17) is 5.41 Å². The van der Waals surface area contributed by atoms with Crippen LogP contribution in [0.2, 0.25) is 0 Å². The molecule has 1 saturated heterocycles. The zero-order valence-corrected chi connectivity index (χ0v) is 16.1. The molecule has 2 N–H and O–H groups in total. The summed E-state index contributed by atoms with van der Waals surface area (Å²) < 4.78 is 28.2. The first-order chi connectivity index (χ1) is 12.7. The van der Waals surface area contributed by atoms with Gasteiger partial charge in [0.05, 0.1) is 19.1 Å². The summed E-state index contributed by atoms with van der Waals surface area (Å²) in [4.78, 5) is 25.9. The van der Waals surface area contributed by atoms with E-state index in [9.17, 15) is 18.4 Å². The van der Waals surface area contributed by atoms with Gasteiger partial charge in [0.1, 0.15) is 0 Å². The summed E-state index contributed by atoms with van der Waals surface area (Å²) in [6.45, 7) is 0.270. The fourth-order valence-electron chi connectivity index (χ4n) is 3.29. The quantitative estimate of drug-likeness (QED) is 0.716. The highest BCUT2D eigenvalue weighted by Gasteiger charge is 2.47. The number of amides is 2. The summed E-state index contributed by atoms with van der Waals surface area (Å²) in [5.41, 5.74) is 0.402. The van der Waals surface area contributed by atoms with Crippen LogP contribution in [0.1, 0.15) is 23.7 Å². The molecule has 0 unspecified atom stereocenters. The molecule has 3 rings (SSSR count). The molecule has 27 heavy (non-hydrogen) atoms. The highest BCUT2D eigenvalue weighted by molar-refractivity contribution is 9.10. The molecule has 2 aromatic rings. The van der Waals surface area contributed by atoms with Crippen molar-refractivity contribution in [3.8, 4) is 0 Å². The number of benzene rings is 2. The van der Waals surface area contributed by atoms with Crippen molar-refractivity contribution >= 4 is 44.2 Å². The first-order valence-electron chi connectivity index (χ1n) is 8.37. The van der Waals surface area contributed by atoms with Crippen molar-refractivity contribution in [1.82, 2.24) is 10.2 Å². The number of likely N-dealkylation sites (tertiary alicyclic amines) is 1. The van der Waals surface area contributed by atoms with Crippen LogP contribution in [0, 0.1) is 5.41 Å². The first kappa shape index (κ1) is 19.4. The van der Waals surface area contributed by atoms with E-state index >= 15 is 0 Å². The van der Waals surface area contributed by atoms with Crippen molar-refractivity contribution in [2.75, 3.05) is 13.1 Å². The standard InChI is InChI=1S/C19H18BrF2N3O2/c1-11(23)16-8-19(21,22)10-25(16)17(26)9-24-18(27)14-6-2-5-13-12(14)4-3-7-15(13)20/h2-7,16,23H,8-10H2,1H3,(H,24,27)/t16-/m0/s1. The molecule has 8 heteroatoms. The number of carbonyl (C=O) groups is 2. The van der Waals surface area contributed by atoms with Crippen molar-refractivity contribution in [2.45, 2.75) is 25.3 Å². The fourth-order valence-corrected chi connectivity index (χ4v) is 3.79. The predicted molar refractivity (Wildman–Crippen MR) is 102 cm³/mol. The second-order valence-corrected chi connectivity index (χ2v) is 7.46. The summed E-state index contributed by atoms with van der Waals surface area (Å²) in [7, 11) is 0. The van der Waals surface area contributed by atoms with E-state index in [-0.39, 0.29) is 5.71 Å². The number of rotatable bonds is 4. The number of nitrogens with zero attached hydrogens (tertiary/aromatic N) is 1. The molecule has 0 aliphatic carbocycles. The Morgan fingerprint density at radius 3 is 2.63 bits per heavy atom. The zero-order chi connectivity index (χ0) is 19.8. The Kier molecular flexibility index (Phi) is 5.28. The first-order valence-corrected chi connectivity index (χ1v) is 9.17. The van der Waals surface area contributed by atoms with Crippen LogP contribution >= 0.6 is 15.9 Å². The summed E-state index contributed by atoms with van der Waals surface area (Å²) in [6.07, 6.45) is -0.556. The number of alkyl halides is 2. The molecule has 0 bridgehead atoms. The highest BCUT2D eigenvalue weighted by atomic mass is 79.9. The van der Waals surface area contributed by atoms with Crippen LogP contribution in [0.4, 0.5) is 8.78 Å². The SMILES string of the molecule is CC(=N)[C@@H]1CC(F)(F)CN1C(=O)CNC(=O)c1cccc2c(Br)cccc12. The maximum absolute atomic E-state index is 13.7. The van der Waals surface area contributed by atoms with Gasteiger partial charge in [0, 0.05) is 22.2 Å². The Balaban J connectivity index is 1.74. The van der Waals surface area contributed by atoms with Gasteiger partial charge in [-0.15, -0.1) is 0 Å². The van der Waals surface area contributed by atoms with Crippen molar-refractivity contribution in [2.24, 2.45) is 0 Å². The molecule has 1 heterocycles. The summed E-state index contributed by atoms with van der Waals surface area (Å²) >= 11 is 3.43. The number of carbonyl (C=O) groups excluding carboxylic acids is 2. The minimum atomic E-state index is -3.02. The van der Waals surface area contributed by atoms with Crippen LogP contribution in [0.3, 0.4) is 0 Å². The second-order valence-electron chi connectivity index (χ2n) is 6.60. The Hall–Kier alpha value is -2.35. The van der Waals surface area contributed by atoms with Crippen LogP contribution in [-0.4, -0.2) is 47.5 Å². The Morgan fingerprint density at radius 1 is 1.26 bits per heavy atom. The van der Waals surface area contributed by atoms with E-state index in [2.05, 4.69) is 21.2 Å². The smallest absolute Gasteiger partial charge is 0.267 e. The van der Waals surface area contributed by atoms with Crippen molar-refractivity contribution in [3.05, 3.63) is 46.4 Å². The third kappa shape index (κ3) is 4.00. The zero-order valence-electron chi connectivity index (χ0n) is 14.6.